The fraction of sp³-hybridized carbons (Fsp3) is 0. The standard InChI is InChI=1S/C16H12ClNO2/c1-11(15(19)12-7-3-2-4-8-12)16(20)18-14-10-6-5-9-13(14)17/h2-10H,1H2,(H,18,20). The Morgan fingerprint density at radius 1 is 0.950 bits per heavy atom. The molecule has 4 heteroatoms. The highest BCUT2D eigenvalue weighted by atomic mass is 35.5. The van der Waals surface area contributed by atoms with E-state index in [4.69, 9.17) is 11.6 Å². The summed E-state index contributed by atoms with van der Waals surface area (Å²) >= 11 is 5.94. The Bertz CT molecular complexity index is 665. The Hall–Kier alpha value is -2.39. The Morgan fingerprint density at radius 3 is 2.20 bits per heavy atom. The maximum absolute atomic E-state index is 12.1. The van der Waals surface area contributed by atoms with E-state index in [0.717, 1.165) is 0 Å². The molecule has 0 aliphatic carbocycles. The zero-order valence-electron chi connectivity index (χ0n) is 10.6. The van der Waals surface area contributed by atoms with E-state index in [9.17, 15) is 9.59 Å². The van der Waals surface area contributed by atoms with Crippen molar-refractivity contribution in [2.24, 2.45) is 0 Å². The molecule has 0 bridgehead atoms. The number of benzene rings is 2. The number of amides is 1. The summed E-state index contributed by atoms with van der Waals surface area (Å²) in [6, 6.07) is 15.3. The van der Waals surface area contributed by atoms with Gasteiger partial charge in [0.15, 0.2) is 5.78 Å². The largest absolute Gasteiger partial charge is 0.321 e. The van der Waals surface area contributed by atoms with Gasteiger partial charge in [-0.25, -0.2) is 0 Å². The van der Waals surface area contributed by atoms with Crippen molar-refractivity contribution in [3.8, 4) is 0 Å². The molecule has 0 aliphatic rings. The maximum atomic E-state index is 12.1. The summed E-state index contributed by atoms with van der Waals surface area (Å²) < 4.78 is 0. The van der Waals surface area contributed by atoms with Gasteiger partial charge in [0.2, 0.25) is 0 Å². The molecule has 0 spiro atoms. The van der Waals surface area contributed by atoms with Crippen LogP contribution in [0, 0.1) is 0 Å². The van der Waals surface area contributed by atoms with E-state index in [1.165, 1.54) is 0 Å². The van der Waals surface area contributed by atoms with Gasteiger partial charge in [0.1, 0.15) is 0 Å². The van der Waals surface area contributed by atoms with Crippen molar-refractivity contribution in [1.82, 2.24) is 0 Å². The van der Waals surface area contributed by atoms with Crippen LogP contribution in [-0.4, -0.2) is 11.7 Å². The first-order chi connectivity index (χ1) is 9.59. The highest BCUT2D eigenvalue weighted by molar-refractivity contribution is 6.35. The summed E-state index contributed by atoms with van der Waals surface area (Å²) in [5, 5.41) is 2.97. The van der Waals surface area contributed by atoms with Crippen molar-refractivity contribution in [3.63, 3.8) is 0 Å². The topological polar surface area (TPSA) is 46.2 Å². The number of Topliss-reactive ketones (excluding diaryl/α,β-unsaturated/α-hetero) is 1. The van der Waals surface area contributed by atoms with Gasteiger partial charge in [-0.3, -0.25) is 9.59 Å². The number of para-hydroxylation sites is 1. The molecule has 20 heavy (non-hydrogen) atoms. The number of halogens is 1. The zero-order chi connectivity index (χ0) is 14.5. The van der Waals surface area contributed by atoms with Crippen LogP contribution in [-0.2, 0) is 4.79 Å². The molecule has 0 radical (unpaired) electrons. The second-order valence-corrected chi connectivity index (χ2v) is 4.51. The average Bonchev–Trinajstić information content (AvgIpc) is 2.49. The molecule has 0 saturated carbocycles. The Balaban J connectivity index is 2.12. The number of anilines is 1. The Labute approximate surface area is 121 Å². The highest BCUT2D eigenvalue weighted by Gasteiger charge is 2.17. The molecule has 0 saturated heterocycles. The first-order valence-electron chi connectivity index (χ1n) is 5.94. The molecular weight excluding hydrogens is 274 g/mol. The lowest BCUT2D eigenvalue weighted by Crippen LogP contribution is -2.20. The maximum Gasteiger partial charge on any atom is 0.259 e. The third-order valence-electron chi connectivity index (χ3n) is 2.71. The van der Waals surface area contributed by atoms with E-state index < -0.39 is 11.7 Å². The second kappa shape index (κ2) is 6.17. The van der Waals surface area contributed by atoms with E-state index in [0.29, 0.717) is 16.3 Å². The van der Waals surface area contributed by atoms with Crippen molar-refractivity contribution in [2.75, 3.05) is 5.32 Å². The number of hydrogen-bond acceptors (Lipinski definition) is 2. The second-order valence-electron chi connectivity index (χ2n) is 4.11. The quantitative estimate of drug-likeness (QED) is 0.403. The molecule has 0 aromatic heterocycles. The molecule has 0 heterocycles. The normalized spacial score (nSPS) is 9.85. The predicted molar refractivity (Wildman–Crippen MR) is 80.0 cm³/mol. The van der Waals surface area contributed by atoms with Crippen molar-refractivity contribution >= 4 is 29.0 Å². The number of carbonyl (C=O) groups excluding carboxylic acids is 2. The van der Waals surface area contributed by atoms with Crippen LogP contribution in [0.3, 0.4) is 0 Å². The molecule has 2 aromatic carbocycles. The number of hydrogen-bond donors (Lipinski definition) is 1. The van der Waals surface area contributed by atoms with Gasteiger partial charge in [-0.2, -0.15) is 0 Å². The van der Waals surface area contributed by atoms with Gasteiger partial charge in [-0.05, 0) is 12.1 Å². The van der Waals surface area contributed by atoms with Gasteiger partial charge in [0.25, 0.3) is 5.91 Å². The molecule has 1 amide bonds. The van der Waals surface area contributed by atoms with E-state index in [1.54, 1.807) is 54.6 Å². The number of carbonyl (C=O) groups is 2. The van der Waals surface area contributed by atoms with E-state index >= 15 is 0 Å². The molecule has 0 fully saturated rings. The van der Waals surface area contributed by atoms with Crippen LogP contribution in [0.15, 0.2) is 66.7 Å². The summed E-state index contributed by atoms with van der Waals surface area (Å²) in [7, 11) is 0. The fourth-order valence-corrected chi connectivity index (χ4v) is 1.81. The van der Waals surface area contributed by atoms with Crippen LogP contribution in [0.5, 0.6) is 0 Å². The lowest BCUT2D eigenvalue weighted by atomic mass is 10.0. The molecule has 2 rings (SSSR count). The number of rotatable bonds is 4. The minimum Gasteiger partial charge on any atom is -0.321 e. The van der Waals surface area contributed by atoms with Gasteiger partial charge >= 0.3 is 0 Å². The first kappa shape index (κ1) is 14.0. The van der Waals surface area contributed by atoms with Gasteiger partial charge in [-0.1, -0.05) is 60.6 Å². The van der Waals surface area contributed by atoms with Crippen molar-refractivity contribution < 1.29 is 9.59 Å². The lowest BCUT2D eigenvalue weighted by molar-refractivity contribution is -0.112. The fourth-order valence-electron chi connectivity index (χ4n) is 1.63. The third-order valence-corrected chi connectivity index (χ3v) is 3.04. The monoisotopic (exact) mass is 285 g/mol. The van der Waals surface area contributed by atoms with Crippen LogP contribution in [0.4, 0.5) is 5.69 Å². The van der Waals surface area contributed by atoms with Crippen molar-refractivity contribution in [1.29, 1.82) is 0 Å². The van der Waals surface area contributed by atoms with Gasteiger partial charge in [0.05, 0.1) is 16.3 Å². The van der Waals surface area contributed by atoms with Crippen molar-refractivity contribution in [2.45, 2.75) is 0 Å². The van der Waals surface area contributed by atoms with Crippen molar-refractivity contribution in [3.05, 3.63) is 77.3 Å². The minimum atomic E-state index is -0.563. The van der Waals surface area contributed by atoms with E-state index in [2.05, 4.69) is 11.9 Å². The summed E-state index contributed by atoms with van der Waals surface area (Å²) in [5.41, 5.74) is 0.740. The van der Waals surface area contributed by atoms with Gasteiger partial charge in [0, 0.05) is 5.56 Å². The molecule has 0 unspecified atom stereocenters. The van der Waals surface area contributed by atoms with E-state index in [1.807, 2.05) is 0 Å². The molecular formula is C16H12ClNO2. The van der Waals surface area contributed by atoms with Crippen LogP contribution in [0.2, 0.25) is 5.02 Å². The molecule has 1 N–H and O–H groups in total. The Morgan fingerprint density at radius 2 is 1.55 bits per heavy atom. The molecule has 3 nitrogen and oxygen atoms in total. The smallest absolute Gasteiger partial charge is 0.259 e. The van der Waals surface area contributed by atoms with Gasteiger partial charge in [-0.15, -0.1) is 0 Å². The third kappa shape index (κ3) is 3.13. The summed E-state index contributed by atoms with van der Waals surface area (Å²) in [6.45, 7) is 3.55. The van der Waals surface area contributed by atoms with Crippen LogP contribution >= 0.6 is 11.6 Å². The van der Waals surface area contributed by atoms with E-state index in [-0.39, 0.29) is 5.57 Å². The molecule has 0 aliphatic heterocycles. The predicted octanol–water partition coefficient (Wildman–Crippen LogP) is 3.72. The van der Waals surface area contributed by atoms with Crippen LogP contribution < -0.4 is 5.32 Å². The van der Waals surface area contributed by atoms with Crippen LogP contribution in [0.1, 0.15) is 10.4 Å². The number of nitrogens with one attached hydrogen (secondary N) is 1. The summed E-state index contributed by atoms with van der Waals surface area (Å²) in [5.74, 6) is -0.970. The first-order valence-corrected chi connectivity index (χ1v) is 6.32. The zero-order valence-corrected chi connectivity index (χ0v) is 11.4. The lowest BCUT2D eigenvalue weighted by Gasteiger charge is -2.08. The summed E-state index contributed by atoms with van der Waals surface area (Å²) in [6.07, 6.45) is 0. The average molecular weight is 286 g/mol. The SMILES string of the molecule is C=C(C(=O)Nc1ccccc1Cl)C(=O)c1ccccc1. The molecule has 2 aromatic rings. The van der Waals surface area contributed by atoms with Crippen LogP contribution in [0.25, 0.3) is 0 Å². The highest BCUT2D eigenvalue weighted by Crippen LogP contribution is 2.21. The molecule has 0 atom stereocenters. The number of ketones is 1. The summed E-state index contributed by atoms with van der Waals surface area (Å²) in [4.78, 5) is 24.1. The van der Waals surface area contributed by atoms with Gasteiger partial charge < -0.3 is 5.32 Å². The molecule has 100 valence electrons. The minimum absolute atomic E-state index is 0.129. The Kier molecular flexibility index (Phi) is 4.33.